The van der Waals surface area contributed by atoms with Crippen molar-refractivity contribution in [2.75, 3.05) is 23.1 Å². The van der Waals surface area contributed by atoms with Crippen molar-refractivity contribution in [2.45, 2.75) is 57.4 Å². The van der Waals surface area contributed by atoms with Crippen LogP contribution in [0.1, 0.15) is 46.6 Å². The van der Waals surface area contributed by atoms with E-state index in [0.29, 0.717) is 27.7 Å². The maximum absolute atomic E-state index is 16.0. The molecule has 4 rings (SSSR count). The lowest BCUT2D eigenvalue weighted by Crippen LogP contribution is -2.47. The summed E-state index contributed by atoms with van der Waals surface area (Å²) in [6, 6.07) is 7.57. The van der Waals surface area contributed by atoms with Gasteiger partial charge in [-0.15, -0.1) is 11.3 Å². The topological polar surface area (TPSA) is 137 Å². The first-order chi connectivity index (χ1) is 20.9. The summed E-state index contributed by atoms with van der Waals surface area (Å²) in [5, 5.41) is 13.2. The van der Waals surface area contributed by atoms with Gasteiger partial charge in [-0.2, -0.15) is 0 Å². The van der Waals surface area contributed by atoms with Crippen molar-refractivity contribution in [3.63, 3.8) is 0 Å². The molecule has 45 heavy (non-hydrogen) atoms. The number of benzene rings is 2. The zero-order valence-electron chi connectivity index (χ0n) is 25.4. The fourth-order valence-corrected chi connectivity index (χ4v) is 6.50. The molecule has 2 aromatic heterocycles. The van der Waals surface area contributed by atoms with E-state index in [9.17, 15) is 27.1 Å². The van der Waals surface area contributed by atoms with Crippen molar-refractivity contribution in [2.24, 2.45) is 0 Å². The minimum atomic E-state index is -4.70. The normalized spacial score (nSPS) is 12.2. The van der Waals surface area contributed by atoms with Crippen molar-refractivity contribution >= 4 is 39.1 Å². The number of carbonyl (C=O) groups is 1. The molecule has 0 aliphatic carbocycles. The van der Waals surface area contributed by atoms with Gasteiger partial charge in [0.25, 0.3) is 10.0 Å². The Morgan fingerprint density at radius 2 is 1.73 bits per heavy atom. The number of nitrogens with zero attached hydrogens (tertiary/aromatic N) is 4. The number of amides is 1. The second kappa shape index (κ2) is 12.6. The largest absolute Gasteiger partial charge is 0.465 e. The highest BCUT2D eigenvalue weighted by atomic mass is 32.2. The second-order valence-electron chi connectivity index (χ2n) is 12.1. The molecule has 0 aliphatic rings. The third kappa shape index (κ3) is 7.71. The summed E-state index contributed by atoms with van der Waals surface area (Å²) in [5.74, 6) is -2.94. The summed E-state index contributed by atoms with van der Waals surface area (Å²) >= 11 is 1.28. The van der Waals surface area contributed by atoms with Gasteiger partial charge in [0.15, 0.2) is 5.82 Å². The van der Waals surface area contributed by atoms with E-state index in [1.807, 2.05) is 25.5 Å². The molecule has 0 bridgehead atoms. The van der Waals surface area contributed by atoms with Crippen LogP contribution in [0.15, 0.2) is 53.6 Å². The number of hydrogen-bond acceptors (Lipinski definition) is 8. The standard InChI is InChI=1S/C30H33F3N6O4S2/c1-29(2,3)26-37-24(18-8-7-9-20(23(18)33)38-45(42,43)22-16-17(31)10-11-19(22)32)25(44-26)21-12-13-34-27(36-21)35-14-15-39(28(40)41)30(4,5)6/h7-13,16,38H,14-15H2,1-6H3,(H,40,41)(H,34,35,36). The Bertz CT molecular complexity index is 1840. The molecule has 0 saturated carbocycles. The highest BCUT2D eigenvalue weighted by molar-refractivity contribution is 7.92. The Kier molecular flexibility index (Phi) is 9.45. The molecule has 10 nitrogen and oxygen atoms in total. The van der Waals surface area contributed by atoms with Crippen molar-refractivity contribution in [3.8, 4) is 21.8 Å². The Hall–Kier alpha value is -4.24. The lowest BCUT2D eigenvalue weighted by Gasteiger charge is -2.33. The Morgan fingerprint density at radius 3 is 2.38 bits per heavy atom. The monoisotopic (exact) mass is 662 g/mol. The van der Waals surface area contributed by atoms with E-state index in [1.54, 1.807) is 26.8 Å². The molecule has 0 atom stereocenters. The molecule has 0 saturated heterocycles. The molecule has 2 aromatic carbocycles. The van der Waals surface area contributed by atoms with Gasteiger partial charge in [0, 0.05) is 35.8 Å². The van der Waals surface area contributed by atoms with Crippen LogP contribution in [0.25, 0.3) is 21.8 Å². The van der Waals surface area contributed by atoms with E-state index in [-0.39, 0.29) is 30.3 Å². The van der Waals surface area contributed by atoms with Crippen LogP contribution in [-0.2, 0) is 15.4 Å². The Morgan fingerprint density at radius 1 is 1.02 bits per heavy atom. The van der Waals surface area contributed by atoms with E-state index in [1.165, 1.54) is 34.6 Å². The third-order valence-electron chi connectivity index (χ3n) is 6.50. The molecular weight excluding hydrogens is 629 g/mol. The summed E-state index contributed by atoms with van der Waals surface area (Å²) < 4.78 is 71.8. The predicted octanol–water partition coefficient (Wildman–Crippen LogP) is 6.97. The number of thiazole rings is 1. The molecule has 240 valence electrons. The number of nitrogens with one attached hydrogen (secondary N) is 2. The molecule has 2 heterocycles. The van der Waals surface area contributed by atoms with Crippen LogP contribution in [0.5, 0.6) is 0 Å². The number of aromatic nitrogens is 3. The van der Waals surface area contributed by atoms with E-state index >= 15 is 4.39 Å². The minimum Gasteiger partial charge on any atom is -0.465 e. The first-order valence-electron chi connectivity index (χ1n) is 13.7. The van der Waals surface area contributed by atoms with Crippen LogP contribution in [0.2, 0.25) is 0 Å². The molecule has 1 amide bonds. The highest BCUT2D eigenvalue weighted by Gasteiger charge is 2.28. The van der Waals surface area contributed by atoms with Crippen LogP contribution < -0.4 is 10.0 Å². The van der Waals surface area contributed by atoms with E-state index in [0.717, 1.165) is 12.1 Å². The first-order valence-corrected chi connectivity index (χ1v) is 16.0. The van der Waals surface area contributed by atoms with Crippen LogP contribution in [0, 0.1) is 17.5 Å². The van der Waals surface area contributed by atoms with Crippen LogP contribution in [-0.4, -0.2) is 58.1 Å². The molecule has 0 unspecified atom stereocenters. The zero-order valence-corrected chi connectivity index (χ0v) is 27.1. The molecular formula is C30H33F3N6O4S2. The Labute approximate surface area is 263 Å². The van der Waals surface area contributed by atoms with E-state index in [4.69, 9.17) is 4.98 Å². The van der Waals surface area contributed by atoms with Gasteiger partial charge in [-0.1, -0.05) is 26.8 Å². The molecule has 15 heteroatoms. The quantitative estimate of drug-likeness (QED) is 0.175. The van der Waals surface area contributed by atoms with Crippen LogP contribution in [0.4, 0.5) is 29.6 Å². The fourth-order valence-electron chi connectivity index (χ4n) is 4.24. The maximum Gasteiger partial charge on any atom is 0.407 e. The maximum atomic E-state index is 16.0. The summed E-state index contributed by atoms with van der Waals surface area (Å²) in [6.45, 7) is 11.6. The Balaban J connectivity index is 1.71. The second-order valence-corrected chi connectivity index (χ2v) is 14.7. The van der Waals surface area contributed by atoms with Crippen LogP contribution >= 0.6 is 11.3 Å². The van der Waals surface area contributed by atoms with Gasteiger partial charge in [0.05, 0.1) is 27.0 Å². The van der Waals surface area contributed by atoms with Gasteiger partial charge in [-0.25, -0.2) is 41.3 Å². The highest BCUT2D eigenvalue weighted by Crippen LogP contribution is 2.42. The van der Waals surface area contributed by atoms with E-state index < -0.39 is 55.1 Å². The van der Waals surface area contributed by atoms with Gasteiger partial charge in [0.1, 0.15) is 16.5 Å². The molecule has 0 fully saturated rings. The summed E-state index contributed by atoms with van der Waals surface area (Å²) in [6.07, 6.45) is 0.438. The smallest absolute Gasteiger partial charge is 0.407 e. The number of hydrogen-bond donors (Lipinski definition) is 3. The van der Waals surface area contributed by atoms with Gasteiger partial charge < -0.3 is 15.3 Å². The average molecular weight is 663 g/mol. The summed E-state index contributed by atoms with van der Waals surface area (Å²) in [7, 11) is -4.70. The van der Waals surface area contributed by atoms with Crippen molar-refractivity contribution < 1.29 is 31.5 Å². The number of carboxylic acid groups (broad SMARTS) is 1. The van der Waals surface area contributed by atoms with Gasteiger partial charge in [0.2, 0.25) is 5.95 Å². The number of rotatable bonds is 9. The van der Waals surface area contributed by atoms with Crippen molar-refractivity contribution in [1.29, 1.82) is 0 Å². The molecule has 3 N–H and O–H groups in total. The fraction of sp³-hybridized carbons (Fsp3) is 0.333. The minimum absolute atomic E-state index is 0.0490. The molecule has 4 aromatic rings. The van der Waals surface area contributed by atoms with Gasteiger partial charge in [-0.3, -0.25) is 4.72 Å². The van der Waals surface area contributed by atoms with E-state index in [2.05, 4.69) is 15.3 Å². The first kappa shape index (κ1) is 33.6. The number of anilines is 2. The summed E-state index contributed by atoms with van der Waals surface area (Å²) in [4.78, 5) is 26.0. The lowest BCUT2D eigenvalue weighted by molar-refractivity contribution is 0.103. The third-order valence-corrected chi connectivity index (χ3v) is 9.38. The van der Waals surface area contributed by atoms with Crippen molar-refractivity contribution in [3.05, 3.63) is 71.1 Å². The van der Waals surface area contributed by atoms with Gasteiger partial charge in [-0.05, 0) is 57.2 Å². The van der Waals surface area contributed by atoms with Gasteiger partial charge >= 0.3 is 6.09 Å². The average Bonchev–Trinajstić information content (AvgIpc) is 3.39. The lowest BCUT2D eigenvalue weighted by atomic mass is 9.98. The molecule has 0 aliphatic heterocycles. The van der Waals surface area contributed by atoms with Crippen LogP contribution in [0.3, 0.4) is 0 Å². The molecule has 0 radical (unpaired) electrons. The van der Waals surface area contributed by atoms with Crippen molar-refractivity contribution in [1.82, 2.24) is 19.9 Å². The summed E-state index contributed by atoms with van der Waals surface area (Å²) in [5.41, 5.74) is -1.01. The number of halogens is 3. The zero-order chi connectivity index (χ0) is 33.3. The number of sulfonamides is 1. The molecule has 0 spiro atoms. The predicted molar refractivity (Wildman–Crippen MR) is 167 cm³/mol. The SMILES string of the molecule is CC(C)(C)c1nc(-c2cccc(NS(=O)(=O)c3cc(F)ccc3F)c2F)c(-c2ccnc(NCCN(C(=O)O)C(C)(C)C)n2)s1.